The number of oxazole rings is 1. The largest absolute Gasteiger partial charge is 0.386 e. The first-order valence-electron chi connectivity index (χ1n) is 6.05. The molecule has 1 aliphatic heterocycles. The number of pyridine rings is 2. The van der Waals surface area contributed by atoms with Crippen molar-refractivity contribution in [2.75, 3.05) is 0 Å². The van der Waals surface area contributed by atoms with Gasteiger partial charge in [0.2, 0.25) is 0 Å². The molecule has 5 rings (SSSR count). The molecular weight excluding hydrogens is 258 g/mol. The lowest BCUT2D eigenvalue weighted by atomic mass is 10.2. The lowest BCUT2D eigenvalue weighted by Crippen LogP contribution is -2.30. The molecule has 0 saturated heterocycles. The minimum atomic E-state index is 0.777. The van der Waals surface area contributed by atoms with Gasteiger partial charge in [0.1, 0.15) is 11.3 Å². The van der Waals surface area contributed by atoms with Gasteiger partial charge >= 0.3 is 5.89 Å². The zero-order valence-corrected chi connectivity index (χ0v) is 10.6. The number of hydrogen-bond donors (Lipinski definition) is 0. The molecule has 19 heavy (non-hydrogen) atoms. The Bertz CT molecular complexity index is 954. The summed E-state index contributed by atoms with van der Waals surface area (Å²) in [6.07, 6.45) is 5.56. The summed E-state index contributed by atoms with van der Waals surface area (Å²) in [4.78, 5) is 9.62. The van der Waals surface area contributed by atoms with Crippen molar-refractivity contribution in [3.63, 3.8) is 0 Å². The molecule has 0 spiro atoms. The molecule has 0 aliphatic carbocycles. The van der Waals surface area contributed by atoms with Crippen LogP contribution in [0.3, 0.4) is 0 Å². The molecule has 90 valence electrons. The van der Waals surface area contributed by atoms with Crippen LogP contribution >= 0.6 is 11.3 Å². The highest BCUT2D eigenvalue weighted by Crippen LogP contribution is 2.37. The van der Waals surface area contributed by atoms with Crippen molar-refractivity contribution in [3.8, 4) is 11.5 Å². The van der Waals surface area contributed by atoms with E-state index in [0.717, 1.165) is 39.5 Å². The molecule has 0 fully saturated rings. The third kappa shape index (κ3) is 1.11. The van der Waals surface area contributed by atoms with E-state index < -0.39 is 0 Å². The number of nitrogens with zero attached hydrogens (tertiary/aromatic N) is 3. The SMILES string of the molecule is c1cnc2c(c1)-c1oc3sc4ccncc4c3[n+]1C2. The summed E-state index contributed by atoms with van der Waals surface area (Å²) in [7, 11) is 0. The standard InChI is InChI=1S/C14H8N3OS/c1-2-8-10(16-4-1)7-17-12-9-6-15-5-3-11(9)19-14(12)18-13(8)17/h1-6H,7H2/q+1. The Hall–Kier alpha value is -2.27. The van der Waals surface area contributed by atoms with E-state index in [1.807, 2.05) is 30.7 Å². The van der Waals surface area contributed by atoms with Crippen LogP contribution in [0.5, 0.6) is 0 Å². The fraction of sp³-hybridized carbons (Fsp3) is 0.0714. The van der Waals surface area contributed by atoms with Gasteiger partial charge in [-0.2, -0.15) is 0 Å². The predicted molar refractivity (Wildman–Crippen MR) is 71.9 cm³/mol. The molecule has 5 heterocycles. The first kappa shape index (κ1) is 9.63. The van der Waals surface area contributed by atoms with Crippen molar-refractivity contribution in [1.29, 1.82) is 0 Å². The average Bonchev–Trinajstić information content (AvgIpc) is 3.05. The summed E-state index contributed by atoms with van der Waals surface area (Å²) in [5.74, 6) is 0.912. The zero-order chi connectivity index (χ0) is 12.4. The van der Waals surface area contributed by atoms with Crippen molar-refractivity contribution < 1.29 is 8.98 Å². The molecular formula is C14H8N3OS+. The molecule has 4 aromatic heterocycles. The summed E-state index contributed by atoms with van der Waals surface area (Å²) in [5, 5.41) is 1.16. The van der Waals surface area contributed by atoms with Crippen molar-refractivity contribution in [2.24, 2.45) is 0 Å². The van der Waals surface area contributed by atoms with Crippen molar-refractivity contribution in [1.82, 2.24) is 9.97 Å². The van der Waals surface area contributed by atoms with Gasteiger partial charge in [0.25, 0.3) is 10.4 Å². The molecule has 4 nitrogen and oxygen atoms in total. The molecule has 1 aliphatic rings. The molecule has 5 heteroatoms. The molecule has 4 aromatic rings. The van der Waals surface area contributed by atoms with Gasteiger partial charge in [-0.3, -0.25) is 9.97 Å². The highest BCUT2D eigenvalue weighted by atomic mass is 32.1. The number of aromatic nitrogens is 3. The van der Waals surface area contributed by atoms with Crippen LogP contribution in [0, 0.1) is 0 Å². The summed E-state index contributed by atoms with van der Waals surface area (Å²) >= 11 is 1.67. The number of hydrogen-bond acceptors (Lipinski definition) is 4. The Balaban J connectivity index is 1.94. The van der Waals surface area contributed by atoms with E-state index in [2.05, 4.69) is 20.6 Å². The second kappa shape index (κ2) is 3.19. The second-order valence-corrected chi connectivity index (χ2v) is 5.62. The first-order valence-corrected chi connectivity index (χ1v) is 6.86. The Kier molecular flexibility index (Phi) is 1.62. The van der Waals surface area contributed by atoms with Gasteiger partial charge in [-0.1, -0.05) is 11.3 Å². The van der Waals surface area contributed by atoms with E-state index in [1.165, 1.54) is 4.70 Å². The van der Waals surface area contributed by atoms with Crippen LogP contribution in [0.1, 0.15) is 5.69 Å². The summed E-state index contributed by atoms with van der Waals surface area (Å²) in [5.41, 5.74) is 3.32. The Morgan fingerprint density at radius 2 is 2.26 bits per heavy atom. The maximum absolute atomic E-state index is 6.04. The van der Waals surface area contributed by atoms with Crippen LogP contribution < -0.4 is 4.57 Å². The van der Waals surface area contributed by atoms with Crippen molar-refractivity contribution in [2.45, 2.75) is 6.54 Å². The van der Waals surface area contributed by atoms with E-state index in [1.54, 1.807) is 11.3 Å². The quantitative estimate of drug-likeness (QED) is 0.405. The van der Waals surface area contributed by atoms with Crippen LogP contribution in [-0.2, 0) is 6.54 Å². The number of rotatable bonds is 0. The smallest absolute Gasteiger partial charge is 0.384 e. The highest BCUT2D eigenvalue weighted by Gasteiger charge is 2.36. The van der Waals surface area contributed by atoms with Crippen LogP contribution in [0.25, 0.3) is 32.0 Å². The van der Waals surface area contributed by atoms with Crippen LogP contribution in [0.15, 0.2) is 41.2 Å². The summed E-state index contributed by atoms with van der Waals surface area (Å²) in [6.45, 7) is 0.777. The van der Waals surface area contributed by atoms with Gasteiger partial charge in [-0.05, 0) is 18.2 Å². The molecule has 0 atom stereocenters. The number of fused-ring (bicyclic) bond motifs is 7. The molecule has 0 N–H and O–H groups in total. The van der Waals surface area contributed by atoms with Gasteiger partial charge < -0.3 is 4.42 Å². The van der Waals surface area contributed by atoms with Gasteiger partial charge in [0, 0.05) is 23.3 Å². The van der Waals surface area contributed by atoms with E-state index in [4.69, 9.17) is 4.42 Å². The maximum Gasteiger partial charge on any atom is 0.384 e. The lowest BCUT2D eigenvalue weighted by molar-refractivity contribution is -0.649. The summed E-state index contributed by atoms with van der Waals surface area (Å²) in [6, 6.07) is 6.04. The molecule has 0 amide bonds. The average molecular weight is 266 g/mol. The normalized spacial score (nSPS) is 13.1. The highest BCUT2D eigenvalue weighted by molar-refractivity contribution is 7.25. The Morgan fingerprint density at radius 3 is 3.26 bits per heavy atom. The maximum atomic E-state index is 6.04. The van der Waals surface area contributed by atoms with E-state index >= 15 is 0 Å². The monoisotopic (exact) mass is 266 g/mol. The molecule has 0 aromatic carbocycles. The molecule has 0 radical (unpaired) electrons. The molecule has 0 unspecified atom stereocenters. The van der Waals surface area contributed by atoms with Crippen LogP contribution in [0.2, 0.25) is 0 Å². The Labute approximate surface area is 112 Å². The van der Waals surface area contributed by atoms with Gasteiger partial charge in [0.05, 0.1) is 5.39 Å². The van der Waals surface area contributed by atoms with Crippen molar-refractivity contribution >= 4 is 31.8 Å². The van der Waals surface area contributed by atoms with Crippen molar-refractivity contribution in [3.05, 3.63) is 42.5 Å². The molecule has 0 saturated carbocycles. The van der Waals surface area contributed by atoms with Crippen LogP contribution in [-0.4, -0.2) is 9.97 Å². The Morgan fingerprint density at radius 1 is 1.26 bits per heavy atom. The minimum absolute atomic E-state index is 0.777. The first-order chi connectivity index (χ1) is 9.42. The van der Waals surface area contributed by atoms with Gasteiger partial charge in [-0.25, -0.2) is 0 Å². The van der Waals surface area contributed by atoms with Gasteiger partial charge in [-0.15, -0.1) is 4.57 Å². The fourth-order valence-corrected chi connectivity index (χ4v) is 3.76. The fourth-order valence-electron chi connectivity index (χ4n) is 2.74. The molecule has 0 bridgehead atoms. The van der Waals surface area contributed by atoms with Crippen LogP contribution in [0.4, 0.5) is 0 Å². The third-order valence-electron chi connectivity index (χ3n) is 3.57. The number of thiophene rings is 1. The lowest BCUT2D eigenvalue weighted by Gasteiger charge is -1.88. The minimum Gasteiger partial charge on any atom is -0.386 e. The van der Waals surface area contributed by atoms with E-state index in [9.17, 15) is 0 Å². The predicted octanol–water partition coefficient (Wildman–Crippen LogP) is 2.75. The topological polar surface area (TPSA) is 42.8 Å². The van der Waals surface area contributed by atoms with Gasteiger partial charge in [0.15, 0.2) is 6.54 Å². The second-order valence-electron chi connectivity index (χ2n) is 4.60. The third-order valence-corrected chi connectivity index (χ3v) is 4.60. The van der Waals surface area contributed by atoms with E-state index in [0.29, 0.717) is 0 Å². The zero-order valence-electron chi connectivity index (χ0n) is 9.83. The van der Waals surface area contributed by atoms with E-state index in [-0.39, 0.29) is 0 Å². The summed E-state index contributed by atoms with van der Waals surface area (Å²) < 4.78 is 9.45.